The first-order valence-corrected chi connectivity index (χ1v) is 5.80. The number of nitrogens with zero attached hydrogens (tertiary/aromatic N) is 6. The third-order valence-corrected chi connectivity index (χ3v) is 2.45. The van der Waals surface area contributed by atoms with Crippen LogP contribution >= 0.6 is 0 Å². The highest BCUT2D eigenvalue weighted by atomic mass is 15.3. The molecule has 0 aliphatic carbocycles. The maximum atomic E-state index is 4.19. The van der Waals surface area contributed by atoms with Crippen molar-refractivity contribution in [2.45, 2.75) is 0 Å². The standard InChI is InChI=1S/C12H10N8/c1-2-4-10(6-14-12-16-8-18-20-12)9(3-1)5-13-11-15-7-17-19-11/h1-8H,(H,15,17,19)(H,16,18,20). The zero-order chi connectivity index (χ0) is 13.6. The Bertz CT molecular complexity index is 649. The van der Waals surface area contributed by atoms with E-state index in [4.69, 9.17) is 0 Å². The summed E-state index contributed by atoms with van der Waals surface area (Å²) < 4.78 is 0. The summed E-state index contributed by atoms with van der Waals surface area (Å²) >= 11 is 0. The van der Waals surface area contributed by atoms with Gasteiger partial charge in [-0.1, -0.05) is 24.3 Å². The normalized spacial score (nSPS) is 11.6. The van der Waals surface area contributed by atoms with Gasteiger partial charge in [-0.3, -0.25) is 0 Å². The zero-order valence-electron chi connectivity index (χ0n) is 10.3. The number of aliphatic imine (C=N–C) groups is 2. The summed E-state index contributed by atoms with van der Waals surface area (Å²) in [6.07, 6.45) is 6.21. The molecule has 98 valence electrons. The first-order valence-electron chi connectivity index (χ1n) is 5.80. The van der Waals surface area contributed by atoms with E-state index in [1.54, 1.807) is 12.4 Å². The molecule has 20 heavy (non-hydrogen) atoms. The lowest BCUT2D eigenvalue weighted by molar-refractivity contribution is 1.08. The molecule has 0 radical (unpaired) electrons. The van der Waals surface area contributed by atoms with Gasteiger partial charge in [0.25, 0.3) is 0 Å². The summed E-state index contributed by atoms with van der Waals surface area (Å²) in [4.78, 5) is 16.2. The maximum Gasteiger partial charge on any atom is 0.245 e. The fraction of sp³-hybridized carbons (Fsp3) is 0. The van der Waals surface area contributed by atoms with Crippen LogP contribution in [0, 0.1) is 0 Å². The van der Waals surface area contributed by atoms with Gasteiger partial charge < -0.3 is 0 Å². The van der Waals surface area contributed by atoms with Crippen LogP contribution in [0.2, 0.25) is 0 Å². The van der Waals surface area contributed by atoms with E-state index in [2.05, 4.69) is 40.3 Å². The topological polar surface area (TPSA) is 108 Å². The fourth-order valence-electron chi connectivity index (χ4n) is 1.53. The molecule has 0 fully saturated rings. The number of hydrogen-bond donors (Lipinski definition) is 2. The number of aromatic nitrogens is 6. The predicted molar refractivity (Wildman–Crippen MR) is 73.7 cm³/mol. The van der Waals surface area contributed by atoms with E-state index < -0.39 is 0 Å². The van der Waals surface area contributed by atoms with Crippen molar-refractivity contribution in [2.75, 3.05) is 0 Å². The van der Waals surface area contributed by atoms with Gasteiger partial charge in [-0.25, -0.2) is 20.2 Å². The van der Waals surface area contributed by atoms with Crippen molar-refractivity contribution in [3.63, 3.8) is 0 Å². The number of benzene rings is 1. The van der Waals surface area contributed by atoms with Crippen molar-refractivity contribution in [3.8, 4) is 0 Å². The molecule has 0 unspecified atom stereocenters. The highest BCUT2D eigenvalue weighted by Gasteiger charge is 1.98. The molecule has 0 bridgehead atoms. The summed E-state index contributed by atoms with van der Waals surface area (Å²) in [6, 6.07) is 7.71. The molecule has 8 nitrogen and oxygen atoms in total. The van der Waals surface area contributed by atoms with Gasteiger partial charge in [-0.2, -0.15) is 20.2 Å². The first kappa shape index (κ1) is 11.9. The molecule has 0 aliphatic rings. The van der Waals surface area contributed by atoms with Crippen LogP contribution in [-0.4, -0.2) is 42.8 Å². The van der Waals surface area contributed by atoms with Crippen molar-refractivity contribution in [3.05, 3.63) is 48.0 Å². The van der Waals surface area contributed by atoms with Crippen LogP contribution < -0.4 is 0 Å². The molecule has 2 heterocycles. The molecule has 0 aliphatic heterocycles. The van der Waals surface area contributed by atoms with Crippen molar-refractivity contribution in [1.29, 1.82) is 0 Å². The Labute approximate surface area is 113 Å². The summed E-state index contributed by atoms with van der Waals surface area (Å²) in [5.74, 6) is 0.902. The van der Waals surface area contributed by atoms with Gasteiger partial charge in [0.05, 0.1) is 0 Å². The second kappa shape index (κ2) is 5.65. The number of hydrogen-bond acceptors (Lipinski definition) is 6. The Morgan fingerprint density at radius 2 is 1.30 bits per heavy atom. The van der Waals surface area contributed by atoms with E-state index in [0.29, 0.717) is 11.9 Å². The fourth-order valence-corrected chi connectivity index (χ4v) is 1.53. The third kappa shape index (κ3) is 2.80. The van der Waals surface area contributed by atoms with Crippen LogP contribution in [-0.2, 0) is 0 Å². The summed E-state index contributed by atoms with van der Waals surface area (Å²) in [5, 5.41) is 12.8. The lowest BCUT2D eigenvalue weighted by Gasteiger charge is -1.98. The van der Waals surface area contributed by atoms with Gasteiger partial charge in [0.2, 0.25) is 11.9 Å². The van der Waals surface area contributed by atoms with Crippen LogP contribution in [0.25, 0.3) is 0 Å². The molecule has 0 amide bonds. The van der Waals surface area contributed by atoms with Gasteiger partial charge in [-0.15, -0.1) is 0 Å². The molecular formula is C12H10N8. The lowest BCUT2D eigenvalue weighted by Crippen LogP contribution is -1.91. The largest absolute Gasteiger partial charge is 0.245 e. The molecule has 0 atom stereocenters. The molecule has 0 saturated heterocycles. The zero-order valence-corrected chi connectivity index (χ0v) is 10.3. The number of aromatic amines is 2. The quantitative estimate of drug-likeness (QED) is 0.696. The summed E-state index contributed by atoms with van der Waals surface area (Å²) in [6.45, 7) is 0. The van der Waals surface area contributed by atoms with E-state index in [1.165, 1.54) is 12.7 Å². The van der Waals surface area contributed by atoms with E-state index in [-0.39, 0.29) is 0 Å². The molecule has 0 spiro atoms. The van der Waals surface area contributed by atoms with Gasteiger partial charge >= 0.3 is 0 Å². The van der Waals surface area contributed by atoms with Gasteiger partial charge in [0, 0.05) is 23.6 Å². The van der Waals surface area contributed by atoms with Crippen molar-refractivity contribution in [2.24, 2.45) is 9.98 Å². The monoisotopic (exact) mass is 266 g/mol. The highest BCUT2D eigenvalue weighted by Crippen LogP contribution is 2.08. The molecule has 0 saturated carbocycles. The van der Waals surface area contributed by atoms with Gasteiger partial charge in [-0.05, 0) is 0 Å². The van der Waals surface area contributed by atoms with Crippen LogP contribution in [0.1, 0.15) is 11.1 Å². The van der Waals surface area contributed by atoms with Crippen LogP contribution in [0.3, 0.4) is 0 Å². The third-order valence-electron chi connectivity index (χ3n) is 2.45. The van der Waals surface area contributed by atoms with Crippen LogP contribution in [0.15, 0.2) is 46.9 Å². The Balaban J connectivity index is 1.85. The molecular weight excluding hydrogens is 256 g/mol. The molecule has 3 aromatic rings. The molecule has 1 aromatic carbocycles. The predicted octanol–water partition coefficient (Wildman–Crippen LogP) is 1.42. The second-order valence-corrected chi connectivity index (χ2v) is 3.76. The number of nitrogens with one attached hydrogen (secondary N) is 2. The van der Waals surface area contributed by atoms with Crippen molar-refractivity contribution < 1.29 is 0 Å². The van der Waals surface area contributed by atoms with Gasteiger partial charge in [0.1, 0.15) is 12.7 Å². The second-order valence-electron chi connectivity index (χ2n) is 3.76. The van der Waals surface area contributed by atoms with Crippen molar-refractivity contribution >= 4 is 24.3 Å². The number of rotatable bonds is 4. The van der Waals surface area contributed by atoms with Gasteiger partial charge in [0.15, 0.2) is 0 Å². The Morgan fingerprint density at radius 1 is 0.800 bits per heavy atom. The van der Waals surface area contributed by atoms with E-state index >= 15 is 0 Å². The summed E-state index contributed by atoms with van der Waals surface area (Å²) in [7, 11) is 0. The maximum absolute atomic E-state index is 4.19. The Hall–Kier alpha value is -3.16. The van der Waals surface area contributed by atoms with E-state index in [1.807, 2.05) is 24.3 Å². The minimum absolute atomic E-state index is 0.451. The minimum Gasteiger partial charge on any atom is -0.244 e. The smallest absolute Gasteiger partial charge is 0.244 e. The molecule has 2 N–H and O–H groups in total. The number of H-pyrrole nitrogens is 2. The lowest BCUT2D eigenvalue weighted by atomic mass is 10.1. The van der Waals surface area contributed by atoms with Crippen LogP contribution in [0.4, 0.5) is 11.9 Å². The highest BCUT2D eigenvalue weighted by molar-refractivity contribution is 5.95. The van der Waals surface area contributed by atoms with Crippen LogP contribution in [0.5, 0.6) is 0 Å². The Kier molecular flexibility index (Phi) is 3.36. The molecule has 3 rings (SSSR count). The SMILES string of the molecule is C(=Nc1ncn[nH]1)c1ccccc1C=Nc1ncn[nH]1. The Morgan fingerprint density at radius 3 is 1.70 bits per heavy atom. The minimum atomic E-state index is 0.451. The van der Waals surface area contributed by atoms with Crippen molar-refractivity contribution in [1.82, 2.24) is 30.4 Å². The summed E-state index contributed by atoms with van der Waals surface area (Å²) in [5.41, 5.74) is 1.82. The molecule has 8 heteroatoms. The van der Waals surface area contributed by atoms with E-state index in [0.717, 1.165) is 11.1 Å². The van der Waals surface area contributed by atoms with E-state index in [9.17, 15) is 0 Å². The first-order chi connectivity index (χ1) is 9.92. The molecule has 2 aromatic heterocycles. The average molecular weight is 266 g/mol. The average Bonchev–Trinajstić information content (AvgIpc) is 3.17.